The first kappa shape index (κ1) is 17.2. The SMILES string of the molecule is Cc1ccc(S(=O)(=O)N2CCCSc3cccn3-c3ccccc32)cc1. The monoisotopic (exact) mass is 384 g/mol. The predicted octanol–water partition coefficient (Wildman–Crippen LogP) is 4.48. The summed E-state index contributed by atoms with van der Waals surface area (Å²) in [5.74, 6) is 0.873. The minimum absolute atomic E-state index is 0.331. The van der Waals surface area contributed by atoms with Crippen LogP contribution in [-0.4, -0.2) is 25.3 Å². The van der Waals surface area contributed by atoms with Gasteiger partial charge in [-0.05, 0) is 49.7 Å². The minimum atomic E-state index is -3.62. The fourth-order valence-corrected chi connectivity index (χ4v) is 5.63. The molecule has 134 valence electrons. The van der Waals surface area contributed by atoms with E-state index < -0.39 is 10.0 Å². The quantitative estimate of drug-likeness (QED) is 0.654. The summed E-state index contributed by atoms with van der Waals surface area (Å²) in [4.78, 5) is 0.331. The lowest BCUT2D eigenvalue weighted by atomic mass is 10.2. The molecule has 6 heteroatoms. The van der Waals surface area contributed by atoms with Gasteiger partial charge in [-0.2, -0.15) is 0 Å². The molecular weight excluding hydrogens is 364 g/mol. The maximum Gasteiger partial charge on any atom is 0.264 e. The van der Waals surface area contributed by atoms with Crippen molar-refractivity contribution in [1.82, 2.24) is 4.57 Å². The lowest BCUT2D eigenvalue weighted by Crippen LogP contribution is -2.33. The van der Waals surface area contributed by atoms with Gasteiger partial charge in [0.25, 0.3) is 10.0 Å². The fourth-order valence-electron chi connectivity index (χ4n) is 3.15. The number of nitrogens with zero attached hydrogens (tertiary/aromatic N) is 2. The topological polar surface area (TPSA) is 42.3 Å². The number of anilines is 1. The summed E-state index contributed by atoms with van der Waals surface area (Å²) >= 11 is 1.76. The van der Waals surface area contributed by atoms with Gasteiger partial charge in [-0.1, -0.05) is 29.8 Å². The average molecular weight is 385 g/mol. The lowest BCUT2D eigenvalue weighted by molar-refractivity contribution is 0.590. The number of aryl methyl sites for hydroxylation is 1. The lowest BCUT2D eigenvalue weighted by Gasteiger charge is -2.26. The third kappa shape index (κ3) is 3.04. The van der Waals surface area contributed by atoms with Crippen LogP contribution in [0.1, 0.15) is 12.0 Å². The summed E-state index contributed by atoms with van der Waals surface area (Å²) in [5, 5.41) is 1.13. The van der Waals surface area contributed by atoms with E-state index in [1.165, 1.54) is 0 Å². The third-order valence-corrected chi connectivity index (χ3v) is 7.43. The Balaban J connectivity index is 1.88. The summed E-state index contributed by atoms with van der Waals surface area (Å²) < 4.78 is 30.4. The number of hydrogen-bond acceptors (Lipinski definition) is 3. The number of thioether (sulfide) groups is 1. The summed E-state index contributed by atoms with van der Waals surface area (Å²) in [6, 6.07) is 18.8. The smallest absolute Gasteiger partial charge is 0.264 e. The van der Waals surface area contributed by atoms with Crippen LogP contribution in [0.5, 0.6) is 0 Å². The van der Waals surface area contributed by atoms with Gasteiger partial charge >= 0.3 is 0 Å². The number of para-hydroxylation sites is 2. The van der Waals surface area contributed by atoms with Crippen molar-refractivity contribution in [3.05, 3.63) is 72.4 Å². The molecule has 0 saturated carbocycles. The van der Waals surface area contributed by atoms with Crippen LogP contribution in [0.2, 0.25) is 0 Å². The summed E-state index contributed by atoms with van der Waals surface area (Å²) in [7, 11) is -3.62. The van der Waals surface area contributed by atoms with Gasteiger partial charge < -0.3 is 4.57 Å². The van der Waals surface area contributed by atoms with Crippen LogP contribution in [0.15, 0.2) is 76.8 Å². The largest absolute Gasteiger partial charge is 0.310 e. The summed E-state index contributed by atoms with van der Waals surface area (Å²) in [6.07, 6.45) is 2.78. The highest BCUT2D eigenvalue weighted by Gasteiger charge is 2.28. The third-order valence-electron chi connectivity index (χ3n) is 4.49. The van der Waals surface area contributed by atoms with Crippen molar-refractivity contribution in [1.29, 1.82) is 0 Å². The Hall–Kier alpha value is -2.18. The van der Waals surface area contributed by atoms with Crippen molar-refractivity contribution in [3.63, 3.8) is 0 Å². The molecule has 0 radical (unpaired) electrons. The second-order valence-electron chi connectivity index (χ2n) is 6.30. The Morgan fingerprint density at radius 3 is 2.42 bits per heavy atom. The second-order valence-corrected chi connectivity index (χ2v) is 9.27. The van der Waals surface area contributed by atoms with Crippen molar-refractivity contribution in [2.45, 2.75) is 23.3 Å². The van der Waals surface area contributed by atoms with Crippen LogP contribution in [0.4, 0.5) is 5.69 Å². The molecule has 2 aromatic carbocycles. The molecule has 1 aliphatic rings. The van der Waals surface area contributed by atoms with E-state index in [2.05, 4.69) is 10.6 Å². The van der Waals surface area contributed by atoms with Gasteiger partial charge in [0.1, 0.15) is 0 Å². The Morgan fingerprint density at radius 1 is 0.923 bits per heavy atom. The zero-order chi connectivity index (χ0) is 18.1. The Morgan fingerprint density at radius 2 is 1.65 bits per heavy atom. The molecule has 0 bridgehead atoms. The van der Waals surface area contributed by atoms with Crippen LogP contribution in [0.25, 0.3) is 5.69 Å². The molecule has 1 aliphatic heterocycles. The number of benzene rings is 2. The molecule has 3 aromatic rings. The van der Waals surface area contributed by atoms with Gasteiger partial charge in [0.15, 0.2) is 0 Å². The molecule has 0 saturated heterocycles. The average Bonchev–Trinajstić information content (AvgIpc) is 3.11. The van der Waals surface area contributed by atoms with Gasteiger partial charge in [0, 0.05) is 18.5 Å². The summed E-state index contributed by atoms with van der Waals surface area (Å²) in [6.45, 7) is 2.42. The van der Waals surface area contributed by atoms with Crippen LogP contribution < -0.4 is 4.31 Å². The van der Waals surface area contributed by atoms with Crippen molar-refractivity contribution in [2.24, 2.45) is 0 Å². The molecule has 0 amide bonds. The molecule has 0 aliphatic carbocycles. The molecule has 0 spiro atoms. The number of aromatic nitrogens is 1. The van der Waals surface area contributed by atoms with Crippen molar-refractivity contribution in [2.75, 3.05) is 16.6 Å². The number of fused-ring (bicyclic) bond motifs is 3. The number of hydrogen-bond donors (Lipinski definition) is 0. The van der Waals surface area contributed by atoms with E-state index in [1.807, 2.05) is 55.6 Å². The number of rotatable bonds is 2. The van der Waals surface area contributed by atoms with E-state index in [0.29, 0.717) is 17.1 Å². The van der Waals surface area contributed by atoms with E-state index in [4.69, 9.17) is 0 Å². The van der Waals surface area contributed by atoms with Crippen molar-refractivity contribution in [3.8, 4) is 5.69 Å². The zero-order valence-corrected chi connectivity index (χ0v) is 16.1. The highest BCUT2D eigenvalue weighted by molar-refractivity contribution is 7.99. The number of sulfonamides is 1. The molecule has 0 N–H and O–H groups in total. The normalized spacial score (nSPS) is 14.7. The molecule has 0 fully saturated rings. The Labute approximate surface area is 158 Å². The predicted molar refractivity (Wildman–Crippen MR) is 107 cm³/mol. The zero-order valence-electron chi connectivity index (χ0n) is 14.5. The van der Waals surface area contributed by atoms with E-state index in [1.54, 1.807) is 28.2 Å². The minimum Gasteiger partial charge on any atom is -0.310 e. The summed E-state index contributed by atoms with van der Waals surface area (Å²) in [5.41, 5.74) is 2.65. The van der Waals surface area contributed by atoms with Crippen LogP contribution in [-0.2, 0) is 10.0 Å². The molecule has 0 atom stereocenters. The molecule has 4 nitrogen and oxygen atoms in total. The molecule has 26 heavy (non-hydrogen) atoms. The van der Waals surface area contributed by atoms with Gasteiger partial charge in [-0.25, -0.2) is 8.42 Å². The van der Waals surface area contributed by atoms with Crippen LogP contribution >= 0.6 is 11.8 Å². The Bertz CT molecular complexity index is 1020. The standard InChI is InChI=1S/C20H20N2O2S2/c1-16-9-11-17(12-10-16)26(23,24)22-14-5-15-25-20-8-4-13-21(20)18-6-2-3-7-19(18)22/h2-4,6-13H,5,14-15H2,1H3. The van der Waals surface area contributed by atoms with Crippen molar-refractivity contribution >= 4 is 27.5 Å². The maximum absolute atomic E-state index is 13.4. The maximum atomic E-state index is 13.4. The fraction of sp³-hybridized carbons (Fsp3) is 0.200. The second kappa shape index (κ2) is 6.85. The molecular formula is C20H20N2O2S2. The van der Waals surface area contributed by atoms with E-state index in [9.17, 15) is 8.42 Å². The first-order valence-electron chi connectivity index (χ1n) is 8.56. The molecule has 4 rings (SSSR count). The molecule has 0 unspecified atom stereocenters. The molecule has 2 heterocycles. The van der Waals surface area contributed by atoms with E-state index in [-0.39, 0.29) is 0 Å². The van der Waals surface area contributed by atoms with E-state index >= 15 is 0 Å². The van der Waals surface area contributed by atoms with Crippen LogP contribution in [0, 0.1) is 6.92 Å². The van der Waals surface area contributed by atoms with Crippen molar-refractivity contribution < 1.29 is 8.42 Å². The highest BCUT2D eigenvalue weighted by atomic mass is 32.2. The first-order valence-corrected chi connectivity index (χ1v) is 11.0. The van der Waals surface area contributed by atoms with Gasteiger partial charge in [-0.15, -0.1) is 11.8 Å². The first-order chi connectivity index (χ1) is 12.6. The molecule has 1 aromatic heterocycles. The van der Waals surface area contributed by atoms with Crippen LogP contribution in [0.3, 0.4) is 0 Å². The van der Waals surface area contributed by atoms with Gasteiger partial charge in [-0.3, -0.25) is 4.31 Å². The highest BCUT2D eigenvalue weighted by Crippen LogP contribution is 2.34. The van der Waals surface area contributed by atoms with Gasteiger partial charge in [0.2, 0.25) is 0 Å². The van der Waals surface area contributed by atoms with E-state index in [0.717, 1.165) is 28.5 Å². The Kier molecular flexibility index (Phi) is 4.54. The van der Waals surface area contributed by atoms with Gasteiger partial charge in [0.05, 0.1) is 21.3 Å².